The van der Waals surface area contributed by atoms with Gasteiger partial charge in [0, 0.05) is 25.1 Å². The first-order chi connectivity index (χ1) is 12.3. The van der Waals surface area contributed by atoms with Gasteiger partial charge in [-0.2, -0.15) is 13.2 Å². The second-order valence-corrected chi connectivity index (χ2v) is 6.06. The lowest BCUT2D eigenvalue weighted by Crippen LogP contribution is -2.14. The molecule has 0 radical (unpaired) electrons. The molecule has 26 heavy (non-hydrogen) atoms. The van der Waals surface area contributed by atoms with Crippen molar-refractivity contribution in [1.29, 1.82) is 0 Å². The zero-order valence-electron chi connectivity index (χ0n) is 14.0. The summed E-state index contributed by atoms with van der Waals surface area (Å²) in [6.07, 6.45) is -2.66. The van der Waals surface area contributed by atoms with E-state index in [4.69, 9.17) is 4.74 Å². The summed E-state index contributed by atoms with van der Waals surface area (Å²) in [6, 6.07) is 7.01. The van der Waals surface area contributed by atoms with Gasteiger partial charge >= 0.3 is 6.18 Å². The molecule has 1 aromatic heterocycles. The number of carbonyl (C=O) groups excluding carboxylic acids is 2. The molecule has 0 bridgehead atoms. The summed E-state index contributed by atoms with van der Waals surface area (Å²) in [6.45, 7) is 1.92. The molecule has 1 saturated carbocycles. The number of halogens is 3. The lowest BCUT2D eigenvalue weighted by atomic mass is 9.90. The third-order valence-electron chi connectivity index (χ3n) is 4.36. The molecule has 0 saturated heterocycles. The first kappa shape index (κ1) is 18.1. The normalized spacial score (nSPS) is 15.5. The fourth-order valence-electron chi connectivity index (χ4n) is 3.02. The van der Waals surface area contributed by atoms with Crippen molar-refractivity contribution in [2.75, 3.05) is 0 Å². The number of ether oxygens (including phenoxy) is 1. The minimum atomic E-state index is -4.47. The zero-order chi connectivity index (χ0) is 18.9. The highest BCUT2D eigenvalue weighted by Gasteiger charge is 2.35. The van der Waals surface area contributed by atoms with E-state index in [1.807, 2.05) is 6.92 Å². The minimum absolute atomic E-state index is 0.00252. The molecule has 1 aliphatic carbocycles. The lowest BCUT2D eigenvalue weighted by molar-refractivity contribution is -0.137. The number of nitrogens with zero attached hydrogens (tertiary/aromatic N) is 1. The van der Waals surface area contributed by atoms with E-state index >= 15 is 0 Å². The van der Waals surface area contributed by atoms with Gasteiger partial charge in [-0.15, -0.1) is 0 Å². The van der Waals surface area contributed by atoms with Gasteiger partial charge < -0.3 is 4.74 Å². The number of carbonyl (C=O) groups is 2. The number of hydrogen-bond acceptors (Lipinski definition) is 4. The fourth-order valence-corrected chi connectivity index (χ4v) is 3.02. The Labute approximate surface area is 148 Å². The van der Waals surface area contributed by atoms with Crippen LogP contribution in [0.2, 0.25) is 0 Å². The molecule has 1 aliphatic rings. The van der Waals surface area contributed by atoms with Crippen LogP contribution in [0.1, 0.15) is 42.4 Å². The summed E-state index contributed by atoms with van der Waals surface area (Å²) < 4.78 is 43.3. The predicted octanol–water partition coefficient (Wildman–Crippen LogP) is 4.47. The molecule has 0 atom stereocenters. The maximum absolute atomic E-state index is 12.6. The number of ketones is 2. The Hall–Kier alpha value is -2.70. The van der Waals surface area contributed by atoms with E-state index in [2.05, 4.69) is 4.98 Å². The van der Waals surface area contributed by atoms with Crippen LogP contribution in [0, 0.1) is 0 Å². The average Bonchev–Trinajstić information content (AvgIpc) is 2.93. The van der Waals surface area contributed by atoms with Crippen LogP contribution >= 0.6 is 0 Å². The molecule has 1 fully saturated rings. The van der Waals surface area contributed by atoms with Gasteiger partial charge in [0.1, 0.15) is 23.2 Å². The number of aromatic nitrogens is 1. The summed E-state index contributed by atoms with van der Waals surface area (Å²) >= 11 is 0. The maximum Gasteiger partial charge on any atom is 0.417 e. The van der Waals surface area contributed by atoms with Crippen molar-refractivity contribution < 1.29 is 27.5 Å². The SMILES string of the molecule is CCc1ccc(Oc2ccc(C(F)(F)F)cn2)cc1C1C(=O)CCC1=O. The van der Waals surface area contributed by atoms with Crippen molar-refractivity contribution in [3.8, 4) is 11.6 Å². The summed E-state index contributed by atoms with van der Waals surface area (Å²) in [5, 5.41) is 0. The Morgan fingerprint density at radius 2 is 1.81 bits per heavy atom. The number of pyridine rings is 1. The van der Waals surface area contributed by atoms with Gasteiger partial charge in [0.05, 0.1) is 5.56 Å². The van der Waals surface area contributed by atoms with E-state index in [-0.39, 0.29) is 30.3 Å². The summed E-state index contributed by atoms with van der Waals surface area (Å²) in [4.78, 5) is 27.8. The number of Topliss-reactive ketones (excluding diaryl/α,β-unsaturated/α-hetero) is 2. The second-order valence-electron chi connectivity index (χ2n) is 6.06. The zero-order valence-corrected chi connectivity index (χ0v) is 14.0. The highest BCUT2D eigenvalue weighted by Crippen LogP contribution is 2.34. The quantitative estimate of drug-likeness (QED) is 0.752. The van der Waals surface area contributed by atoms with E-state index < -0.39 is 17.7 Å². The molecule has 0 N–H and O–H groups in total. The van der Waals surface area contributed by atoms with Crippen LogP contribution in [0.25, 0.3) is 0 Å². The predicted molar refractivity (Wildman–Crippen MR) is 87.1 cm³/mol. The third-order valence-corrected chi connectivity index (χ3v) is 4.36. The largest absolute Gasteiger partial charge is 0.439 e. The molecule has 2 aromatic rings. The molecule has 1 aromatic carbocycles. The van der Waals surface area contributed by atoms with Crippen LogP contribution in [-0.4, -0.2) is 16.6 Å². The van der Waals surface area contributed by atoms with Gasteiger partial charge in [-0.3, -0.25) is 9.59 Å². The molecule has 7 heteroatoms. The average molecular weight is 363 g/mol. The van der Waals surface area contributed by atoms with Crippen LogP contribution in [-0.2, 0) is 22.2 Å². The number of rotatable bonds is 4. The molecule has 3 rings (SSSR count). The molecular weight excluding hydrogens is 347 g/mol. The molecule has 0 spiro atoms. The van der Waals surface area contributed by atoms with Crippen molar-refractivity contribution in [3.05, 3.63) is 53.2 Å². The first-order valence-corrected chi connectivity index (χ1v) is 8.19. The van der Waals surface area contributed by atoms with Crippen LogP contribution in [0.15, 0.2) is 36.5 Å². The monoisotopic (exact) mass is 363 g/mol. The lowest BCUT2D eigenvalue weighted by Gasteiger charge is -2.15. The fraction of sp³-hybridized carbons (Fsp3) is 0.316. The number of alkyl halides is 3. The Balaban J connectivity index is 1.88. The number of aryl methyl sites for hydroxylation is 1. The molecule has 0 aliphatic heterocycles. The van der Waals surface area contributed by atoms with Crippen LogP contribution in [0.4, 0.5) is 13.2 Å². The maximum atomic E-state index is 12.6. The molecular formula is C19H16F3NO3. The summed E-state index contributed by atoms with van der Waals surface area (Å²) in [5.41, 5.74) is 0.602. The highest BCUT2D eigenvalue weighted by atomic mass is 19.4. The highest BCUT2D eigenvalue weighted by molar-refractivity contribution is 6.13. The summed E-state index contributed by atoms with van der Waals surface area (Å²) in [5.74, 6) is -0.702. The number of benzene rings is 1. The smallest absolute Gasteiger partial charge is 0.417 e. The topological polar surface area (TPSA) is 56.3 Å². The third kappa shape index (κ3) is 3.61. The van der Waals surface area contributed by atoms with E-state index in [1.54, 1.807) is 18.2 Å². The molecule has 1 heterocycles. The van der Waals surface area contributed by atoms with E-state index in [0.29, 0.717) is 23.9 Å². The van der Waals surface area contributed by atoms with E-state index in [1.165, 1.54) is 0 Å². The van der Waals surface area contributed by atoms with Crippen molar-refractivity contribution in [1.82, 2.24) is 4.98 Å². The molecule has 0 amide bonds. The molecule has 4 nitrogen and oxygen atoms in total. The Kier molecular flexibility index (Phi) is 4.80. The molecule has 0 unspecified atom stereocenters. The molecule has 136 valence electrons. The Morgan fingerprint density at radius 3 is 2.35 bits per heavy atom. The van der Waals surface area contributed by atoms with Crippen LogP contribution in [0.5, 0.6) is 11.6 Å². The van der Waals surface area contributed by atoms with Crippen molar-refractivity contribution >= 4 is 11.6 Å². The van der Waals surface area contributed by atoms with E-state index in [0.717, 1.165) is 17.7 Å². The van der Waals surface area contributed by atoms with Crippen molar-refractivity contribution in [3.63, 3.8) is 0 Å². The number of hydrogen-bond donors (Lipinski definition) is 0. The second kappa shape index (κ2) is 6.90. The van der Waals surface area contributed by atoms with Gasteiger partial charge in [0.15, 0.2) is 0 Å². The Bertz CT molecular complexity index is 828. The van der Waals surface area contributed by atoms with Gasteiger partial charge in [-0.05, 0) is 35.7 Å². The van der Waals surface area contributed by atoms with Crippen molar-refractivity contribution in [2.24, 2.45) is 0 Å². The minimum Gasteiger partial charge on any atom is -0.439 e. The van der Waals surface area contributed by atoms with E-state index in [9.17, 15) is 22.8 Å². The van der Waals surface area contributed by atoms with Gasteiger partial charge in [-0.25, -0.2) is 4.98 Å². The van der Waals surface area contributed by atoms with Crippen LogP contribution < -0.4 is 4.74 Å². The van der Waals surface area contributed by atoms with Gasteiger partial charge in [0.2, 0.25) is 5.88 Å². The van der Waals surface area contributed by atoms with Crippen molar-refractivity contribution in [2.45, 2.75) is 38.3 Å². The van der Waals surface area contributed by atoms with Gasteiger partial charge in [0.25, 0.3) is 0 Å². The Morgan fingerprint density at radius 1 is 1.12 bits per heavy atom. The first-order valence-electron chi connectivity index (χ1n) is 8.19. The van der Waals surface area contributed by atoms with Gasteiger partial charge in [-0.1, -0.05) is 13.0 Å². The summed E-state index contributed by atoms with van der Waals surface area (Å²) in [7, 11) is 0. The standard InChI is InChI=1S/C19H16F3NO3/c1-2-11-3-5-13(9-14(11)18-15(24)6-7-16(18)25)26-17-8-4-12(10-23-17)19(20,21)22/h3-5,8-10,18H,2,6-7H2,1H3. The van der Waals surface area contributed by atoms with Crippen LogP contribution in [0.3, 0.4) is 0 Å².